The maximum absolute atomic E-state index is 14.1. The number of rotatable bonds is 3. The third kappa shape index (κ3) is 2.78. The Labute approximate surface area is 152 Å². The van der Waals surface area contributed by atoms with Crippen molar-refractivity contribution in [2.45, 2.75) is 11.9 Å². The van der Waals surface area contributed by atoms with E-state index in [9.17, 15) is 14.0 Å². The zero-order chi connectivity index (χ0) is 18.3. The van der Waals surface area contributed by atoms with Gasteiger partial charge in [0.1, 0.15) is 29.4 Å². The van der Waals surface area contributed by atoms with Crippen LogP contribution in [0, 0.1) is 5.82 Å². The van der Waals surface area contributed by atoms with Gasteiger partial charge in [0.2, 0.25) is 5.91 Å². The first-order valence-corrected chi connectivity index (χ1v) is 9.14. The van der Waals surface area contributed by atoms with Crippen LogP contribution in [0.1, 0.15) is 10.9 Å². The minimum Gasteiger partial charge on any atom is -0.324 e. The topological polar surface area (TPSA) is 73.0 Å². The van der Waals surface area contributed by atoms with Crippen LogP contribution >= 0.6 is 11.8 Å². The second kappa shape index (κ2) is 6.56. The summed E-state index contributed by atoms with van der Waals surface area (Å²) in [5.41, 5.74) is 0.641. The van der Waals surface area contributed by atoms with Crippen LogP contribution in [-0.4, -0.2) is 42.4 Å². The molecule has 134 valence electrons. The molecular formula is C17H16FN5O2S. The summed E-state index contributed by atoms with van der Waals surface area (Å²) in [7, 11) is 1.70. The molecule has 0 saturated carbocycles. The van der Waals surface area contributed by atoms with E-state index in [1.54, 1.807) is 30.1 Å². The van der Waals surface area contributed by atoms with Crippen molar-refractivity contribution in [2.75, 3.05) is 12.3 Å². The number of hydrogen-bond acceptors (Lipinski definition) is 5. The lowest BCUT2D eigenvalue weighted by Crippen LogP contribution is -2.36. The molecule has 1 fully saturated rings. The minimum atomic E-state index is -0.380. The van der Waals surface area contributed by atoms with Gasteiger partial charge in [-0.05, 0) is 6.07 Å². The Bertz CT molecular complexity index is 1050. The Morgan fingerprint density at radius 1 is 1.38 bits per heavy atom. The summed E-state index contributed by atoms with van der Waals surface area (Å²) in [5, 5.41) is 4.00. The monoisotopic (exact) mass is 373 g/mol. The maximum Gasteiger partial charge on any atom is 0.264 e. The molecule has 1 atom stereocenters. The van der Waals surface area contributed by atoms with Crippen molar-refractivity contribution in [1.29, 1.82) is 0 Å². The molecule has 0 N–H and O–H groups in total. The fourth-order valence-electron chi connectivity index (χ4n) is 3.07. The van der Waals surface area contributed by atoms with Gasteiger partial charge in [-0.2, -0.15) is 5.10 Å². The number of nitrogens with zero attached hydrogens (tertiary/aromatic N) is 5. The Kier molecular flexibility index (Phi) is 4.23. The third-order valence-corrected chi connectivity index (χ3v) is 5.65. The smallest absolute Gasteiger partial charge is 0.264 e. The highest BCUT2D eigenvalue weighted by Gasteiger charge is 2.32. The van der Waals surface area contributed by atoms with E-state index in [0.717, 1.165) is 5.75 Å². The molecule has 2 aromatic heterocycles. The van der Waals surface area contributed by atoms with Crippen molar-refractivity contribution >= 4 is 28.7 Å². The minimum absolute atomic E-state index is 0.137. The van der Waals surface area contributed by atoms with Crippen LogP contribution in [0.2, 0.25) is 0 Å². The fourth-order valence-corrected chi connectivity index (χ4v) is 4.37. The van der Waals surface area contributed by atoms with E-state index >= 15 is 0 Å². The van der Waals surface area contributed by atoms with Crippen LogP contribution < -0.4 is 5.56 Å². The molecule has 3 aromatic rings. The molecule has 0 spiro atoms. The standard InChI is InChI=1S/C17H16FN5O2S/c1-21-15-12(8-20-21)16(25)22(10-19-15)9-14(24)23-6-7-26-17(23)11-4-2-3-5-13(11)18/h2-5,8,10,17H,6-7,9H2,1H3/t17-/m0/s1. The van der Waals surface area contributed by atoms with Crippen molar-refractivity contribution in [3.63, 3.8) is 0 Å². The van der Waals surface area contributed by atoms with Crippen molar-refractivity contribution in [1.82, 2.24) is 24.2 Å². The highest BCUT2D eigenvalue weighted by atomic mass is 32.2. The summed E-state index contributed by atoms with van der Waals surface area (Å²) in [4.78, 5) is 31.1. The summed E-state index contributed by atoms with van der Waals surface area (Å²) < 4.78 is 16.9. The van der Waals surface area contributed by atoms with Crippen LogP contribution in [0.3, 0.4) is 0 Å². The number of benzene rings is 1. The lowest BCUT2D eigenvalue weighted by Gasteiger charge is -2.24. The summed E-state index contributed by atoms with van der Waals surface area (Å²) in [6.07, 6.45) is 2.80. The van der Waals surface area contributed by atoms with Crippen LogP contribution in [0.25, 0.3) is 11.0 Å². The van der Waals surface area contributed by atoms with Crippen molar-refractivity contribution in [3.8, 4) is 0 Å². The van der Waals surface area contributed by atoms with Gasteiger partial charge in [0.25, 0.3) is 5.56 Å². The third-order valence-electron chi connectivity index (χ3n) is 4.41. The van der Waals surface area contributed by atoms with Gasteiger partial charge in [-0.1, -0.05) is 18.2 Å². The number of fused-ring (bicyclic) bond motifs is 1. The van der Waals surface area contributed by atoms with E-state index in [-0.39, 0.29) is 29.2 Å². The van der Waals surface area contributed by atoms with Crippen LogP contribution in [-0.2, 0) is 18.4 Å². The quantitative estimate of drug-likeness (QED) is 0.696. The maximum atomic E-state index is 14.1. The lowest BCUT2D eigenvalue weighted by molar-refractivity contribution is -0.132. The van der Waals surface area contributed by atoms with Crippen molar-refractivity contribution < 1.29 is 9.18 Å². The first-order chi connectivity index (χ1) is 12.6. The molecule has 3 heterocycles. The molecule has 26 heavy (non-hydrogen) atoms. The second-order valence-corrected chi connectivity index (χ2v) is 7.20. The van der Waals surface area contributed by atoms with Gasteiger partial charge in [0.05, 0.1) is 6.20 Å². The predicted molar refractivity (Wildman–Crippen MR) is 96.1 cm³/mol. The van der Waals surface area contributed by atoms with Crippen molar-refractivity contribution in [2.24, 2.45) is 7.05 Å². The summed E-state index contributed by atoms with van der Waals surface area (Å²) in [6.45, 7) is 0.377. The predicted octanol–water partition coefficient (Wildman–Crippen LogP) is 1.54. The number of hydrogen-bond donors (Lipinski definition) is 0. The van der Waals surface area contributed by atoms with E-state index in [4.69, 9.17) is 0 Å². The largest absolute Gasteiger partial charge is 0.324 e. The molecular weight excluding hydrogens is 357 g/mol. The van der Waals surface area contributed by atoms with Gasteiger partial charge < -0.3 is 4.90 Å². The number of thioether (sulfide) groups is 1. The number of aryl methyl sites for hydroxylation is 1. The average Bonchev–Trinajstić information content (AvgIpc) is 3.25. The zero-order valence-electron chi connectivity index (χ0n) is 14.0. The zero-order valence-corrected chi connectivity index (χ0v) is 14.8. The Morgan fingerprint density at radius 2 is 2.19 bits per heavy atom. The summed E-state index contributed by atoms with van der Waals surface area (Å²) in [6, 6.07) is 6.46. The highest BCUT2D eigenvalue weighted by molar-refractivity contribution is 7.99. The van der Waals surface area contributed by atoms with Crippen LogP contribution in [0.5, 0.6) is 0 Å². The van der Waals surface area contributed by atoms with Gasteiger partial charge in [-0.15, -0.1) is 11.8 Å². The fraction of sp³-hybridized carbons (Fsp3) is 0.294. The first kappa shape index (κ1) is 16.8. The molecule has 0 radical (unpaired) electrons. The van der Waals surface area contributed by atoms with Crippen LogP contribution in [0.4, 0.5) is 4.39 Å². The molecule has 4 rings (SSSR count). The molecule has 1 saturated heterocycles. The second-order valence-electron chi connectivity index (χ2n) is 6.01. The van der Waals surface area contributed by atoms with Gasteiger partial charge in [0.15, 0.2) is 5.65 Å². The molecule has 9 heteroatoms. The molecule has 1 aliphatic rings. The van der Waals surface area contributed by atoms with E-state index in [1.165, 1.54) is 39.6 Å². The van der Waals surface area contributed by atoms with Gasteiger partial charge in [-0.3, -0.25) is 18.8 Å². The summed E-state index contributed by atoms with van der Waals surface area (Å²) in [5.74, 6) is 0.148. The van der Waals surface area contributed by atoms with Gasteiger partial charge in [-0.25, -0.2) is 9.37 Å². The Morgan fingerprint density at radius 3 is 3.00 bits per heavy atom. The normalized spacial score (nSPS) is 17.2. The Balaban J connectivity index is 1.61. The number of carbonyl (C=O) groups excluding carboxylic acids is 1. The van der Waals surface area contributed by atoms with E-state index in [1.807, 2.05) is 0 Å². The molecule has 1 aromatic carbocycles. The van der Waals surface area contributed by atoms with E-state index in [2.05, 4.69) is 10.1 Å². The van der Waals surface area contributed by atoms with Gasteiger partial charge >= 0.3 is 0 Å². The number of carbonyl (C=O) groups is 1. The average molecular weight is 373 g/mol. The molecule has 1 amide bonds. The van der Waals surface area contributed by atoms with E-state index < -0.39 is 0 Å². The highest BCUT2D eigenvalue weighted by Crippen LogP contribution is 2.38. The van der Waals surface area contributed by atoms with Crippen molar-refractivity contribution in [3.05, 3.63) is 58.5 Å². The molecule has 0 bridgehead atoms. The number of aromatic nitrogens is 4. The van der Waals surface area contributed by atoms with E-state index in [0.29, 0.717) is 23.1 Å². The molecule has 0 aliphatic carbocycles. The van der Waals surface area contributed by atoms with Gasteiger partial charge in [0, 0.05) is 24.9 Å². The number of amides is 1. The summed E-state index contributed by atoms with van der Waals surface area (Å²) >= 11 is 1.52. The van der Waals surface area contributed by atoms with Crippen LogP contribution in [0.15, 0.2) is 41.6 Å². The molecule has 0 unspecified atom stereocenters. The Hall–Kier alpha value is -2.68. The molecule has 7 nitrogen and oxygen atoms in total. The SMILES string of the molecule is Cn1ncc2c(=O)n(CC(=O)N3CCS[C@H]3c3ccccc3F)cnc21. The number of halogens is 1. The first-order valence-electron chi connectivity index (χ1n) is 8.09. The molecule has 1 aliphatic heterocycles. The lowest BCUT2D eigenvalue weighted by atomic mass is 10.2.